The highest BCUT2D eigenvalue weighted by atomic mass is 16.5. The van der Waals surface area contributed by atoms with E-state index in [1.165, 1.54) is 9.80 Å². The van der Waals surface area contributed by atoms with E-state index in [1.807, 2.05) is 34.6 Å². The quantitative estimate of drug-likeness (QED) is 0.533. The lowest BCUT2D eigenvalue weighted by atomic mass is 9.80. The van der Waals surface area contributed by atoms with E-state index < -0.39 is 16.9 Å². The molecule has 0 aliphatic carbocycles. The summed E-state index contributed by atoms with van der Waals surface area (Å²) in [7, 11) is 0. The van der Waals surface area contributed by atoms with Crippen LogP contribution in [0.3, 0.4) is 0 Å². The first kappa shape index (κ1) is 22.4. The molecule has 7 nitrogen and oxygen atoms in total. The molecule has 0 unspecified atom stereocenters. The SMILES string of the molecule is CCN1CC(=O)N(C(CC)(CC)COCC(CC)(CC)CC(=O)O)C1=O. The molecule has 0 aromatic carbocycles. The summed E-state index contributed by atoms with van der Waals surface area (Å²) in [5, 5.41) is 9.20. The second-order valence-electron chi connectivity index (χ2n) is 7.23. The average Bonchev–Trinajstić information content (AvgIpc) is 2.92. The summed E-state index contributed by atoms with van der Waals surface area (Å²) in [5.41, 5.74) is -1.11. The minimum Gasteiger partial charge on any atom is -0.481 e. The van der Waals surface area contributed by atoms with Crippen molar-refractivity contribution in [1.82, 2.24) is 9.80 Å². The predicted molar refractivity (Wildman–Crippen MR) is 98.9 cm³/mol. The van der Waals surface area contributed by atoms with Crippen LogP contribution in [0.15, 0.2) is 0 Å². The highest BCUT2D eigenvalue weighted by Crippen LogP contribution is 2.34. The third-order valence-corrected chi connectivity index (χ3v) is 6.01. The van der Waals surface area contributed by atoms with E-state index in [-0.39, 0.29) is 31.5 Å². The van der Waals surface area contributed by atoms with Crippen LogP contribution in [0, 0.1) is 5.41 Å². The summed E-state index contributed by atoms with van der Waals surface area (Å²) in [6.07, 6.45) is 2.65. The summed E-state index contributed by atoms with van der Waals surface area (Å²) in [6.45, 7) is 10.8. The van der Waals surface area contributed by atoms with Gasteiger partial charge < -0.3 is 14.7 Å². The van der Waals surface area contributed by atoms with E-state index in [1.54, 1.807) is 0 Å². The number of nitrogens with zero attached hydrogens (tertiary/aromatic N) is 2. The highest BCUT2D eigenvalue weighted by Gasteiger charge is 2.47. The van der Waals surface area contributed by atoms with Crippen LogP contribution in [0.4, 0.5) is 4.79 Å². The largest absolute Gasteiger partial charge is 0.481 e. The lowest BCUT2D eigenvalue weighted by molar-refractivity contribution is -0.142. The molecule has 0 aromatic rings. The Morgan fingerprint density at radius 2 is 1.62 bits per heavy atom. The fourth-order valence-electron chi connectivity index (χ4n) is 3.63. The van der Waals surface area contributed by atoms with Crippen molar-refractivity contribution in [3.05, 3.63) is 0 Å². The monoisotopic (exact) mass is 370 g/mol. The van der Waals surface area contributed by atoms with E-state index in [0.29, 0.717) is 38.8 Å². The van der Waals surface area contributed by atoms with Gasteiger partial charge in [-0.2, -0.15) is 0 Å². The van der Waals surface area contributed by atoms with E-state index in [0.717, 1.165) is 0 Å². The Hall–Kier alpha value is -1.63. The van der Waals surface area contributed by atoms with E-state index in [2.05, 4.69) is 0 Å². The molecule has 1 saturated heterocycles. The number of carbonyl (C=O) groups is 3. The lowest BCUT2D eigenvalue weighted by Gasteiger charge is -2.40. The molecule has 0 saturated carbocycles. The van der Waals surface area contributed by atoms with Crippen molar-refractivity contribution in [2.75, 3.05) is 26.3 Å². The molecule has 1 rings (SSSR count). The average molecular weight is 370 g/mol. The first-order chi connectivity index (χ1) is 12.2. The number of imide groups is 1. The number of urea groups is 1. The minimum atomic E-state index is -0.835. The Balaban J connectivity index is 2.92. The topological polar surface area (TPSA) is 87.2 Å². The van der Waals surface area contributed by atoms with Crippen molar-refractivity contribution in [2.24, 2.45) is 5.41 Å². The molecular formula is C19H34N2O5. The highest BCUT2D eigenvalue weighted by molar-refractivity contribution is 6.02. The molecule has 0 spiro atoms. The van der Waals surface area contributed by atoms with Crippen LogP contribution in [0.5, 0.6) is 0 Å². The maximum absolute atomic E-state index is 12.6. The Labute approximate surface area is 156 Å². The number of likely N-dealkylation sites (N-methyl/N-ethyl adjacent to an activating group) is 1. The molecule has 1 heterocycles. The van der Waals surface area contributed by atoms with Gasteiger partial charge in [-0.3, -0.25) is 14.5 Å². The minimum absolute atomic E-state index is 0.0520. The van der Waals surface area contributed by atoms with Gasteiger partial charge in [-0.25, -0.2) is 4.79 Å². The molecular weight excluding hydrogens is 336 g/mol. The Bertz CT molecular complexity index is 512. The molecule has 0 radical (unpaired) electrons. The Morgan fingerprint density at radius 1 is 1.04 bits per heavy atom. The number of amides is 3. The fourth-order valence-corrected chi connectivity index (χ4v) is 3.63. The standard InChI is InChI=1S/C19H34N2O5/c1-6-18(7-2,11-16(23)24)13-26-14-19(8-3,9-4)21-15(22)12-20(10-5)17(21)25/h6-14H2,1-5H3,(H,23,24). The zero-order valence-electron chi connectivity index (χ0n) is 16.8. The second-order valence-corrected chi connectivity index (χ2v) is 7.23. The fraction of sp³-hybridized carbons (Fsp3) is 0.842. The first-order valence-corrected chi connectivity index (χ1v) is 9.66. The summed E-state index contributed by atoms with van der Waals surface area (Å²) in [6, 6.07) is -0.257. The molecule has 1 aliphatic heterocycles. The summed E-state index contributed by atoms with van der Waals surface area (Å²) >= 11 is 0. The van der Waals surface area contributed by atoms with Gasteiger partial charge in [0.2, 0.25) is 0 Å². The number of ether oxygens (including phenoxy) is 1. The van der Waals surface area contributed by atoms with Crippen molar-refractivity contribution in [3.8, 4) is 0 Å². The maximum atomic E-state index is 12.6. The molecule has 7 heteroatoms. The number of carbonyl (C=O) groups excluding carboxylic acids is 2. The number of rotatable bonds is 12. The smallest absolute Gasteiger partial charge is 0.327 e. The van der Waals surface area contributed by atoms with E-state index in [9.17, 15) is 19.5 Å². The molecule has 0 bridgehead atoms. The zero-order valence-corrected chi connectivity index (χ0v) is 16.8. The molecule has 0 aromatic heterocycles. The predicted octanol–water partition coefficient (Wildman–Crippen LogP) is 3.13. The van der Waals surface area contributed by atoms with Gasteiger partial charge in [0.05, 0.1) is 25.2 Å². The van der Waals surface area contributed by atoms with E-state index >= 15 is 0 Å². The van der Waals surface area contributed by atoms with Gasteiger partial charge in [-0.1, -0.05) is 27.7 Å². The lowest BCUT2D eigenvalue weighted by Crippen LogP contribution is -2.55. The van der Waals surface area contributed by atoms with Crippen molar-refractivity contribution >= 4 is 17.9 Å². The summed E-state index contributed by atoms with van der Waals surface area (Å²) in [5.74, 6) is -1.02. The van der Waals surface area contributed by atoms with Gasteiger partial charge in [0, 0.05) is 12.0 Å². The van der Waals surface area contributed by atoms with Crippen LogP contribution in [-0.2, 0) is 14.3 Å². The molecule has 1 aliphatic rings. The van der Waals surface area contributed by atoms with Gasteiger partial charge in [-0.15, -0.1) is 0 Å². The Morgan fingerprint density at radius 3 is 2.00 bits per heavy atom. The molecule has 1 fully saturated rings. The van der Waals surface area contributed by atoms with Crippen LogP contribution in [0.1, 0.15) is 66.7 Å². The summed E-state index contributed by atoms with van der Waals surface area (Å²) in [4.78, 5) is 39.2. The van der Waals surface area contributed by atoms with Gasteiger partial charge >= 0.3 is 12.0 Å². The number of carboxylic acids is 1. The third kappa shape index (κ3) is 4.55. The number of hydrogen-bond acceptors (Lipinski definition) is 4. The van der Waals surface area contributed by atoms with Gasteiger partial charge in [-0.05, 0) is 32.6 Å². The molecule has 1 N–H and O–H groups in total. The zero-order chi connectivity index (χ0) is 20.0. The first-order valence-electron chi connectivity index (χ1n) is 9.66. The van der Waals surface area contributed by atoms with Crippen molar-refractivity contribution in [1.29, 1.82) is 0 Å². The normalized spacial score (nSPS) is 15.9. The van der Waals surface area contributed by atoms with Gasteiger partial charge in [0.15, 0.2) is 0 Å². The van der Waals surface area contributed by atoms with Crippen molar-refractivity contribution in [3.63, 3.8) is 0 Å². The van der Waals surface area contributed by atoms with Crippen LogP contribution in [0.2, 0.25) is 0 Å². The Kier molecular flexibility index (Phi) is 8.06. The maximum Gasteiger partial charge on any atom is 0.327 e. The second kappa shape index (κ2) is 9.35. The van der Waals surface area contributed by atoms with Gasteiger partial charge in [0.1, 0.15) is 6.54 Å². The number of hydrogen-bond donors (Lipinski definition) is 1. The van der Waals surface area contributed by atoms with Crippen LogP contribution in [-0.4, -0.2) is 64.7 Å². The molecule has 3 amide bonds. The summed E-state index contributed by atoms with van der Waals surface area (Å²) < 4.78 is 5.98. The van der Waals surface area contributed by atoms with Crippen LogP contribution >= 0.6 is 0 Å². The third-order valence-electron chi connectivity index (χ3n) is 6.01. The van der Waals surface area contributed by atoms with Crippen LogP contribution < -0.4 is 0 Å². The van der Waals surface area contributed by atoms with E-state index in [4.69, 9.17) is 4.74 Å². The molecule has 26 heavy (non-hydrogen) atoms. The number of carboxylic acid groups (broad SMARTS) is 1. The van der Waals surface area contributed by atoms with Crippen molar-refractivity contribution < 1.29 is 24.2 Å². The van der Waals surface area contributed by atoms with Crippen molar-refractivity contribution in [2.45, 2.75) is 72.3 Å². The van der Waals surface area contributed by atoms with Gasteiger partial charge in [0.25, 0.3) is 5.91 Å². The van der Waals surface area contributed by atoms with Crippen LogP contribution in [0.25, 0.3) is 0 Å². The number of aliphatic carboxylic acids is 1. The molecule has 150 valence electrons. The molecule has 0 atom stereocenters.